The third-order valence-electron chi connectivity index (χ3n) is 6.64. The number of aliphatic hydroxyl groups excluding tert-OH is 2. The van der Waals surface area contributed by atoms with Gasteiger partial charge in [-0.25, -0.2) is 0 Å². The van der Waals surface area contributed by atoms with Crippen molar-refractivity contribution in [1.29, 1.82) is 5.26 Å². The number of hydrogen-bond donors (Lipinski definition) is 3. The highest BCUT2D eigenvalue weighted by Crippen LogP contribution is 2.61. The lowest BCUT2D eigenvalue weighted by Crippen LogP contribution is -2.52. The Morgan fingerprint density at radius 3 is 3.00 bits per heavy atom. The Bertz CT molecular complexity index is 805. The van der Waals surface area contributed by atoms with Gasteiger partial charge in [0.2, 0.25) is 0 Å². The largest absolute Gasteiger partial charge is 0.508 e. The van der Waals surface area contributed by atoms with Gasteiger partial charge in [0.15, 0.2) is 0 Å². The van der Waals surface area contributed by atoms with Crippen LogP contribution in [0, 0.1) is 28.6 Å². The van der Waals surface area contributed by atoms with Gasteiger partial charge in [0.05, 0.1) is 18.6 Å². The van der Waals surface area contributed by atoms with Crippen LogP contribution >= 0.6 is 0 Å². The van der Waals surface area contributed by atoms with Crippen molar-refractivity contribution < 1.29 is 15.3 Å². The molecule has 24 heavy (non-hydrogen) atoms. The van der Waals surface area contributed by atoms with E-state index in [1.165, 1.54) is 5.57 Å². The lowest BCUT2D eigenvalue weighted by Gasteiger charge is -2.47. The molecule has 1 fully saturated rings. The lowest BCUT2D eigenvalue weighted by molar-refractivity contribution is -0.122. The normalized spacial score (nSPS) is 42.7. The number of hydrogen-bond acceptors (Lipinski definition) is 4. The molecule has 0 unspecified atom stereocenters. The number of nitriles is 1. The highest BCUT2D eigenvalue weighted by molar-refractivity contribution is 5.51. The quantitative estimate of drug-likeness (QED) is 0.648. The van der Waals surface area contributed by atoms with Gasteiger partial charge in [-0.05, 0) is 49.0 Å². The second-order valence-corrected chi connectivity index (χ2v) is 7.61. The first-order valence-electron chi connectivity index (χ1n) is 8.46. The highest BCUT2D eigenvalue weighted by atomic mass is 16.3. The van der Waals surface area contributed by atoms with Gasteiger partial charge >= 0.3 is 0 Å². The van der Waals surface area contributed by atoms with Gasteiger partial charge in [-0.3, -0.25) is 0 Å². The average Bonchev–Trinajstić information content (AvgIpc) is 2.75. The highest BCUT2D eigenvalue weighted by Gasteiger charge is 2.63. The summed E-state index contributed by atoms with van der Waals surface area (Å²) >= 11 is 0. The van der Waals surface area contributed by atoms with E-state index in [2.05, 4.69) is 11.8 Å². The average molecular weight is 323 g/mol. The molecule has 0 aliphatic heterocycles. The van der Waals surface area contributed by atoms with Gasteiger partial charge in [-0.2, -0.15) is 5.26 Å². The van der Waals surface area contributed by atoms with Gasteiger partial charge in [-0.15, -0.1) is 5.73 Å². The molecular weight excluding hydrogens is 302 g/mol. The van der Waals surface area contributed by atoms with Crippen LogP contribution in [0.3, 0.4) is 0 Å². The first-order valence-corrected chi connectivity index (χ1v) is 8.46. The second-order valence-electron chi connectivity index (χ2n) is 7.61. The van der Waals surface area contributed by atoms with Crippen molar-refractivity contribution >= 4 is 0 Å². The molecule has 4 aliphatic carbocycles. The van der Waals surface area contributed by atoms with E-state index in [4.69, 9.17) is 5.26 Å². The summed E-state index contributed by atoms with van der Waals surface area (Å²) in [6, 6.07) is 2.06. The molecular formula is C20H21NO3. The Morgan fingerprint density at radius 2 is 2.25 bits per heavy atom. The van der Waals surface area contributed by atoms with Crippen molar-refractivity contribution in [2.24, 2.45) is 17.3 Å². The zero-order valence-corrected chi connectivity index (χ0v) is 13.7. The summed E-state index contributed by atoms with van der Waals surface area (Å²) in [5.74, 6) is 0.385. The molecule has 3 N–H and O–H groups in total. The minimum atomic E-state index is -1.36. The summed E-state index contributed by atoms with van der Waals surface area (Å²) in [6.45, 7) is 2.00. The molecule has 0 heterocycles. The maximum Gasteiger partial charge on any atom is 0.116 e. The summed E-state index contributed by atoms with van der Waals surface area (Å²) in [5, 5.41) is 40.4. The number of fused-ring (bicyclic) bond motifs is 4. The number of allylic oxidation sites excluding steroid dienone is 6. The molecule has 0 radical (unpaired) electrons. The molecule has 4 heteroatoms. The summed E-state index contributed by atoms with van der Waals surface area (Å²) in [5.41, 5.74) is 4.80. The van der Waals surface area contributed by atoms with E-state index in [-0.39, 0.29) is 24.0 Å². The molecule has 0 saturated heterocycles. The molecule has 1 saturated carbocycles. The topological polar surface area (TPSA) is 84.5 Å². The Labute approximate surface area is 141 Å². The molecule has 0 aromatic carbocycles. The van der Waals surface area contributed by atoms with Crippen LogP contribution in [0.25, 0.3) is 0 Å². The van der Waals surface area contributed by atoms with Crippen molar-refractivity contribution in [3.05, 3.63) is 52.5 Å². The molecule has 0 amide bonds. The van der Waals surface area contributed by atoms with Crippen LogP contribution in [0.4, 0.5) is 0 Å². The van der Waals surface area contributed by atoms with Crippen molar-refractivity contribution in [2.75, 3.05) is 0 Å². The molecule has 0 spiro atoms. The maximum atomic E-state index is 11.1. The molecule has 4 nitrogen and oxygen atoms in total. The predicted molar refractivity (Wildman–Crippen MR) is 88.6 cm³/mol. The summed E-state index contributed by atoms with van der Waals surface area (Å²) < 4.78 is 0. The van der Waals surface area contributed by atoms with E-state index < -0.39 is 17.1 Å². The fourth-order valence-electron chi connectivity index (χ4n) is 5.14. The first kappa shape index (κ1) is 15.5. The van der Waals surface area contributed by atoms with Crippen molar-refractivity contribution in [3.8, 4) is 6.07 Å². The van der Waals surface area contributed by atoms with Crippen LogP contribution in [-0.2, 0) is 0 Å². The van der Waals surface area contributed by atoms with Crippen molar-refractivity contribution in [3.63, 3.8) is 0 Å². The molecule has 0 bridgehead atoms. The predicted octanol–water partition coefficient (Wildman–Crippen LogP) is 2.83. The lowest BCUT2D eigenvalue weighted by atomic mass is 9.58. The fraction of sp³-hybridized carbons (Fsp3) is 0.500. The van der Waals surface area contributed by atoms with E-state index >= 15 is 0 Å². The van der Waals surface area contributed by atoms with Crippen molar-refractivity contribution in [1.82, 2.24) is 0 Å². The molecule has 5 atom stereocenters. The number of rotatable bonds is 1. The number of aliphatic hydroxyl groups is 3. The van der Waals surface area contributed by atoms with Crippen LogP contribution in [0.15, 0.2) is 52.5 Å². The monoisotopic (exact) mass is 323 g/mol. The van der Waals surface area contributed by atoms with E-state index in [0.29, 0.717) is 6.42 Å². The van der Waals surface area contributed by atoms with E-state index in [9.17, 15) is 15.3 Å². The summed E-state index contributed by atoms with van der Waals surface area (Å²) in [4.78, 5) is 0. The molecule has 0 aromatic rings. The first-order chi connectivity index (χ1) is 11.4. The van der Waals surface area contributed by atoms with Gasteiger partial charge in [0.1, 0.15) is 11.4 Å². The van der Waals surface area contributed by atoms with Crippen LogP contribution in [0.2, 0.25) is 0 Å². The summed E-state index contributed by atoms with van der Waals surface area (Å²) in [7, 11) is 0. The van der Waals surface area contributed by atoms with Crippen LogP contribution < -0.4 is 0 Å². The van der Waals surface area contributed by atoms with Gasteiger partial charge in [-0.1, -0.05) is 18.6 Å². The number of nitrogens with zero attached hydrogens (tertiary/aromatic N) is 1. The van der Waals surface area contributed by atoms with Crippen molar-refractivity contribution in [2.45, 2.75) is 44.3 Å². The van der Waals surface area contributed by atoms with Crippen LogP contribution in [0.1, 0.15) is 32.6 Å². The third-order valence-corrected chi connectivity index (χ3v) is 6.64. The van der Waals surface area contributed by atoms with Gasteiger partial charge in [0, 0.05) is 16.9 Å². The standard InChI is InChI=1S/C20H21NO3/c1-19-7-6-15-14-5-3-13(22)10-12(14)2-4-16(15)17(19)11-18(23)20(19,24)8-9-21/h3-5,10,14,17-18,22-24H,6-8,11H2,1H3/t14-,17-,18+,19-,20-/m0/s1. The third kappa shape index (κ3) is 1.81. The molecule has 124 valence electrons. The Morgan fingerprint density at radius 1 is 1.46 bits per heavy atom. The smallest absolute Gasteiger partial charge is 0.116 e. The Balaban J connectivity index is 1.80. The molecule has 0 aromatic heterocycles. The zero-order valence-electron chi connectivity index (χ0n) is 13.7. The zero-order chi connectivity index (χ0) is 17.1. The van der Waals surface area contributed by atoms with Gasteiger partial charge < -0.3 is 15.3 Å². The minimum Gasteiger partial charge on any atom is -0.508 e. The minimum absolute atomic E-state index is 0.0246. The van der Waals surface area contributed by atoms with Gasteiger partial charge in [0.25, 0.3) is 0 Å². The van der Waals surface area contributed by atoms with E-state index in [0.717, 1.165) is 24.0 Å². The van der Waals surface area contributed by atoms with E-state index in [1.54, 1.807) is 12.2 Å². The maximum absolute atomic E-state index is 11.1. The Kier molecular flexibility index (Phi) is 3.21. The molecule has 4 aliphatic rings. The Hall–Kier alpha value is -2.05. The fourth-order valence-corrected chi connectivity index (χ4v) is 5.14. The van der Waals surface area contributed by atoms with Crippen LogP contribution in [0.5, 0.6) is 0 Å². The second kappa shape index (κ2) is 4.97. The van der Waals surface area contributed by atoms with E-state index in [1.807, 2.05) is 19.1 Å². The molecule has 4 rings (SSSR count). The SMILES string of the molecule is C[C@]12CCC3=C(C=C=C4C=C(O)C=C[C@@H]43)[C@@H]1C[C@@H](O)[C@@]2(O)CC#N. The summed E-state index contributed by atoms with van der Waals surface area (Å²) in [6.07, 6.45) is 8.51. The van der Waals surface area contributed by atoms with Crippen LogP contribution in [-0.4, -0.2) is 27.0 Å².